The Morgan fingerprint density at radius 3 is 2.36 bits per heavy atom. The predicted octanol–water partition coefficient (Wildman–Crippen LogP) is 6.25. The quantitative estimate of drug-likeness (QED) is 0.270. The first-order chi connectivity index (χ1) is 17.6. The van der Waals surface area contributed by atoms with E-state index in [9.17, 15) is 9.59 Å². The first kappa shape index (κ1) is 23.5. The Kier molecular flexibility index (Phi) is 6.88. The number of hydrazine groups is 1. The molecule has 0 aliphatic rings. The highest BCUT2D eigenvalue weighted by molar-refractivity contribution is 7.09. The molecule has 0 atom stereocenters. The smallest absolute Gasteiger partial charge is 0.426 e. The Labute approximate surface area is 215 Å². The summed E-state index contributed by atoms with van der Waals surface area (Å²) in [5.41, 5.74) is 8.99. The van der Waals surface area contributed by atoms with E-state index in [0.29, 0.717) is 32.2 Å². The van der Waals surface area contributed by atoms with Crippen LogP contribution in [-0.4, -0.2) is 22.0 Å². The molecule has 7 nitrogen and oxygen atoms in total. The molecule has 2 N–H and O–H groups in total. The summed E-state index contributed by atoms with van der Waals surface area (Å²) in [6.07, 6.45) is -0.798. The second-order valence-electron chi connectivity index (χ2n) is 7.73. The van der Waals surface area contributed by atoms with E-state index in [0.717, 1.165) is 16.8 Å². The first-order valence-corrected chi connectivity index (χ1v) is 12.2. The number of thiazole rings is 1. The summed E-state index contributed by atoms with van der Waals surface area (Å²) in [4.78, 5) is 34.3. The molecule has 9 heteroatoms. The summed E-state index contributed by atoms with van der Waals surface area (Å²) < 4.78 is 5.21. The van der Waals surface area contributed by atoms with Crippen LogP contribution >= 0.6 is 22.9 Å². The van der Waals surface area contributed by atoms with E-state index >= 15 is 0 Å². The summed E-state index contributed by atoms with van der Waals surface area (Å²) in [6.45, 7) is -0.0314. The van der Waals surface area contributed by atoms with Crippen molar-refractivity contribution in [1.29, 1.82) is 0 Å². The van der Waals surface area contributed by atoms with Gasteiger partial charge in [-0.05, 0) is 24.3 Å². The number of hydrogen-bond donors (Lipinski definition) is 2. The largest absolute Gasteiger partial charge is 0.441 e. The molecular weight excluding hydrogens is 496 g/mol. The topological polar surface area (TPSA) is 93.2 Å². The standard InChI is InChI=1S/C27H19ClN4O3S/c28-19-12-10-18(11-13-19)24-16-36-25(30-24)15-35-27(34)32-31-26(33)21-14-23(17-6-2-1-3-7-17)29-22-9-5-4-8-20(21)22/h1-14,16H,15H2,(H,31,33)(H,32,34). The van der Waals surface area contributed by atoms with E-state index in [1.807, 2.05) is 72.1 Å². The molecule has 0 fully saturated rings. The lowest BCUT2D eigenvalue weighted by atomic mass is 10.0. The molecule has 36 heavy (non-hydrogen) atoms. The highest BCUT2D eigenvalue weighted by Crippen LogP contribution is 2.25. The van der Waals surface area contributed by atoms with Gasteiger partial charge in [0.1, 0.15) is 11.6 Å². The Morgan fingerprint density at radius 2 is 1.56 bits per heavy atom. The zero-order chi connectivity index (χ0) is 24.9. The van der Waals surface area contributed by atoms with Crippen LogP contribution in [-0.2, 0) is 11.3 Å². The fraction of sp³-hybridized carbons (Fsp3) is 0.0370. The van der Waals surface area contributed by atoms with Crippen LogP contribution in [0.1, 0.15) is 15.4 Å². The maximum Gasteiger partial charge on any atom is 0.426 e. The number of halogens is 1. The van der Waals surface area contributed by atoms with Gasteiger partial charge in [0.25, 0.3) is 5.91 Å². The fourth-order valence-corrected chi connectivity index (χ4v) is 4.43. The molecule has 5 aromatic rings. The number of aromatic nitrogens is 2. The lowest BCUT2D eigenvalue weighted by Gasteiger charge is -2.11. The second kappa shape index (κ2) is 10.6. The molecule has 0 spiro atoms. The van der Waals surface area contributed by atoms with Gasteiger partial charge in [-0.2, -0.15) is 0 Å². The molecular formula is C27H19ClN4O3S. The number of nitrogens with one attached hydrogen (secondary N) is 2. The SMILES string of the molecule is O=C(NNC(=O)c1cc(-c2ccccc2)nc2ccccc12)OCc1nc(-c2ccc(Cl)cc2)cs1. The Morgan fingerprint density at radius 1 is 0.833 bits per heavy atom. The summed E-state index contributed by atoms with van der Waals surface area (Å²) in [7, 11) is 0. The number of carbonyl (C=O) groups excluding carboxylic acids is 2. The van der Waals surface area contributed by atoms with E-state index in [4.69, 9.17) is 16.3 Å². The maximum absolute atomic E-state index is 13.0. The fourth-order valence-electron chi connectivity index (χ4n) is 3.59. The number of pyridine rings is 1. The van der Waals surface area contributed by atoms with Crippen molar-refractivity contribution in [3.05, 3.63) is 106 Å². The third-order valence-electron chi connectivity index (χ3n) is 5.33. The average Bonchev–Trinajstić information content (AvgIpc) is 3.40. The zero-order valence-electron chi connectivity index (χ0n) is 18.8. The predicted molar refractivity (Wildman–Crippen MR) is 141 cm³/mol. The molecule has 0 aliphatic heterocycles. The Bertz CT molecular complexity index is 1540. The van der Waals surface area contributed by atoms with Gasteiger partial charge < -0.3 is 4.74 Å². The number of fused-ring (bicyclic) bond motifs is 1. The third-order valence-corrected chi connectivity index (χ3v) is 6.40. The monoisotopic (exact) mass is 514 g/mol. The van der Waals surface area contributed by atoms with Gasteiger partial charge in [-0.1, -0.05) is 72.3 Å². The molecule has 2 aromatic heterocycles. The molecule has 0 aliphatic carbocycles. The van der Waals surface area contributed by atoms with Crippen LogP contribution in [0.3, 0.4) is 0 Å². The summed E-state index contributed by atoms with van der Waals surface area (Å²) in [6, 6.07) is 25.9. The van der Waals surface area contributed by atoms with Crippen molar-refractivity contribution in [2.45, 2.75) is 6.61 Å². The molecule has 0 bridgehead atoms. The Hall–Kier alpha value is -4.27. The van der Waals surface area contributed by atoms with Crippen LogP contribution in [0.4, 0.5) is 4.79 Å². The maximum atomic E-state index is 13.0. The van der Waals surface area contributed by atoms with Crippen molar-refractivity contribution < 1.29 is 14.3 Å². The number of hydrogen-bond acceptors (Lipinski definition) is 6. The summed E-state index contributed by atoms with van der Waals surface area (Å²) in [5, 5.41) is 3.81. The molecule has 0 saturated heterocycles. The van der Waals surface area contributed by atoms with E-state index in [-0.39, 0.29) is 6.61 Å². The number of rotatable bonds is 5. The number of para-hydroxylation sites is 1. The lowest BCUT2D eigenvalue weighted by molar-refractivity contribution is 0.0906. The highest BCUT2D eigenvalue weighted by Gasteiger charge is 2.15. The minimum absolute atomic E-state index is 0.0314. The minimum Gasteiger partial charge on any atom is -0.441 e. The van der Waals surface area contributed by atoms with Gasteiger partial charge in [0.05, 0.1) is 22.5 Å². The van der Waals surface area contributed by atoms with Crippen molar-refractivity contribution >= 4 is 45.8 Å². The molecule has 0 saturated carbocycles. The minimum atomic E-state index is -0.798. The van der Waals surface area contributed by atoms with Crippen LogP contribution < -0.4 is 10.9 Å². The molecule has 2 amide bonds. The van der Waals surface area contributed by atoms with Gasteiger partial charge in [-0.3, -0.25) is 10.2 Å². The van der Waals surface area contributed by atoms with Gasteiger partial charge >= 0.3 is 6.09 Å². The molecule has 0 radical (unpaired) electrons. The van der Waals surface area contributed by atoms with Crippen LogP contribution in [0.15, 0.2) is 90.3 Å². The second-order valence-corrected chi connectivity index (χ2v) is 9.11. The number of nitrogens with zero attached hydrogens (tertiary/aromatic N) is 2. The normalized spacial score (nSPS) is 10.7. The number of ether oxygens (including phenoxy) is 1. The summed E-state index contributed by atoms with van der Waals surface area (Å²) >= 11 is 7.30. The molecule has 2 heterocycles. The van der Waals surface area contributed by atoms with Crippen LogP contribution in [0.2, 0.25) is 5.02 Å². The van der Waals surface area contributed by atoms with E-state index in [2.05, 4.69) is 20.8 Å². The summed E-state index contributed by atoms with van der Waals surface area (Å²) in [5.74, 6) is -0.484. The molecule has 3 aromatic carbocycles. The van der Waals surface area contributed by atoms with Crippen LogP contribution in [0.5, 0.6) is 0 Å². The van der Waals surface area contributed by atoms with Gasteiger partial charge in [0.2, 0.25) is 0 Å². The highest BCUT2D eigenvalue weighted by atomic mass is 35.5. The van der Waals surface area contributed by atoms with Crippen molar-refractivity contribution in [3.63, 3.8) is 0 Å². The van der Waals surface area contributed by atoms with Crippen molar-refractivity contribution in [2.75, 3.05) is 0 Å². The van der Waals surface area contributed by atoms with Crippen LogP contribution in [0, 0.1) is 0 Å². The zero-order valence-corrected chi connectivity index (χ0v) is 20.3. The van der Waals surface area contributed by atoms with Crippen molar-refractivity contribution in [1.82, 2.24) is 20.8 Å². The molecule has 0 unspecified atom stereocenters. The first-order valence-electron chi connectivity index (χ1n) is 11.0. The van der Waals surface area contributed by atoms with Gasteiger partial charge in [-0.15, -0.1) is 11.3 Å². The Balaban J connectivity index is 1.23. The van der Waals surface area contributed by atoms with Gasteiger partial charge in [0, 0.05) is 26.9 Å². The van der Waals surface area contributed by atoms with Crippen LogP contribution in [0.25, 0.3) is 33.4 Å². The van der Waals surface area contributed by atoms with Gasteiger partial charge in [-0.25, -0.2) is 20.2 Å². The lowest BCUT2D eigenvalue weighted by Crippen LogP contribution is -2.42. The van der Waals surface area contributed by atoms with E-state index in [1.165, 1.54) is 11.3 Å². The number of benzene rings is 3. The van der Waals surface area contributed by atoms with Crippen molar-refractivity contribution in [3.8, 4) is 22.5 Å². The van der Waals surface area contributed by atoms with Gasteiger partial charge in [0.15, 0.2) is 0 Å². The van der Waals surface area contributed by atoms with Crippen molar-refractivity contribution in [2.24, 2.45) is 0 Å². The number of amides is 2. The third kappa shape index (κ3) is 5.35. The number of carbonyl (C=O) groups is 2. The van der Waals surface area contributed by atoms with E-state index in [1.54, 1.807) is 18.2 Å². The average molecular weight is 515 g/mol. The molecule has 5 rings (SSSR count). The molecule has 178 valence electrons. The van der Waals surface area contributed by atoms with E-state index < -0.39 is 12.0 Å².